The highest BCUT2D eigenvalue weighted by atomic mass is 32.2. The van der Waals surface area contributed by atoms with Gasteiger partial charge < -0.3 is 10.4 Å². The number of carboxylic acid groups (broad SMARTS) is 1. The predicted molar refractivity (Wildman–Crippen MR) is 102 cm³/mol. The van der Waals surface area contributed by atoms with Gasteiger partial charge in [0.1, 0.15) is 17.1 Å². The Bertz CT molecular complexity index is 602. The molecule has 0 aliphatic carbocycles. The Morgan fingerprint density at radius 3 is 2.58 bits per heavy atom. The first kappa shape index (κ1) is 20.6. The van der Waals surface area contributed by atoms with Crippen LogP contribution in [0.2, 0.25) is 0 Å². The summed E-state index contributed by atoms with van der Waals surface area (Å²) in [5.74, 6) is -0.971. The van der Waals surface area contributed by atoms with Crippen molar-refractivity contribution in [3.05, 3.63) is 23.9 Å². The Morgan fingerprint density at radius 1 is 1.27 bits per heavy atom. The summed E-state index contributed by atoms with van der Waals surface area (Å²) in [4.78, 5) is 37.0. The van der Waals surface area contributed by atoms with Crippen LogP contribution in [0.15, 0.2) is 23.9 Å². The molecule has 2 atom stereocenters. The zero-order chi connectivity index (χ0) is 19.1. The summed E-state index contributed by atoms with van der Waals surface area (Å²) in [5.41, 5.74) is 0.755. The van der Waals surface area contributed by atoms with E-state index in [0.29, 0.717) is 17.7 Å². The maximum atomic E-state index is 12.3. The van der Waals surface area contributed by atoms with Crippen molar-refractivity contribution in [1.82, 2.24) is 10.2 Å². The number of aliphatic carboxylic acids is 1. The molecule has 2 aliphatic rings. The van der Waals surface area contributed by atoms with Crippen molar-refractivity contribution in [3.63, 3.8) is 0 Å². The SMILES string of the molecule is C=CCCCCCCCCC(=O)N[C@@H]1C(=O)N2C(C(=O)O)=C(C)CS[C@H]12. The Kier molecular flexibility index (Phi) is 7.75. The van der Waals surface area contributed by atoms with Crippen LogP contribution in [-0.2, 0) is 14.4 Å². The summed E-state index contributed by atoms with van der Waals surface area (Å²) in [6, 6.07) is -0.603. The standard InChI is InChI=1S/C19H28N2O4S/c1-3-4-5-6-7-8-9-10-11-14(22)20-15-17(23)21-16(19(24)25)13(2)12-26-18(15)21/h3,15,18H,1,4-12H2,2H3,(H,20,22)(H,24,25)/t15-,18-/m1/s1. The number of amides is 2. The van der Waals surface area contributed by atoms with Crippen LogP contribution in [0.3, 0.4) is 0 Å². The third-order valence-corrected chi connectivity index (χ3v) is 6.16. The number of unbranched alkanes of at least 4 members (excludes halogenated alkanes) is 6. The molecule has 2 N–H and O–H groups in total. The van der Waals surface area contributed by atoms with E-state index in [1.54, 1.807) is 6.92 Å². The quantitative estimate of drug-likeness (QED) is 0.327. The highest BCUT2D eigenvalue weighted by Gasteiger charge is 2.53. The summed E-state index contributed by atoms with van der Waals surface area (Å²) in [7, 11) is 0. The zero-order valence-electron chi connectivity index (χ0n) is 15.3. The number of thioether (sulfide) groups is 1. The molecule has 2 rings (SSSR count). The molecule has 0 aromatic heterocycles. The minimum atomic E-state index is -1.08. The van der Waals surface area contributed by atoms with Gasteiger partial charge in [0.25, 0.3) is 5.91 Å². The normalized spacial score (nSPS) is 21.9. The molecule has 0 aromatic carbocycles. The Balaban J connectivity index is 1.69. The van der Waals surface area contributed by atoms with E-state index >= 15 is 0 Å². The third-order valence-electron chi connectivity index (χ3n) is 4.74. The van der Waals surface area contributed by atoms with Crippen molar-refractivity contribution in [2.75, 3.05) is 5.75 Å². The molecule has 2 amide bonds. The van der Waals surface area contributed by atoms with Crippen molar-refractivity contribution in [1.29, 1.82) is 0 Å². The summed E-state index contributed by atoms with van der Waals surface area (Å²) in [5, 5.41) is 11.8. The van der Waals surface area contributed by atoms with Gasteiger partial charge in [0.05, 0.1) is 0 Å². The lowest BCUT2D eigenvalue weighted by molar-refractivity contribution is -0.150. The number of fused-ring (bicyclic) bond motifs is 1. The molecular weight excluding hydrogens is 352 g/mol. The molecule has 7 heteroatoms. The number of allylic oxidation sites excluding steroid dienone is 1. The zero-order valence-corrected chi connectivity index (χ0v) is 16.1. The van der Waals surface area contributed by atoms with E-state index in [1.165, 1.54) is 35.9 Å². The van der Waals surface area contributed by atoms with Gasteiger partial charge in [-0.3, -0.25) is 14.5 Å². The average Bonchev–Trinajstić information content (AvgIpc) is 2.61. The lowest BCUT2D eigenvalue weighted by Crippen LogP contribution is -2.70. The number of carboxylic acids is 1. The number of carbonyl (C=O) groups is 3. The summed E-state index contributed by atoms with van der Waals surface area (Å²) in [6.45, 7) is 5.43. The third kappa shape index (κ3) is 4.90. The van der Waals surface area contributed by atoms with Crippen LogP contribution >= 0.6 is 11.8 Å². The summed E-state index contributed by atoms with van der Waals surface area (Å²) < 4.78 is 0. The topological polar surface area (TPSA) is 86.7 Å². The van der Waals surface area contributed by atoms with Crippen LogP contribution in [0.1, 0.15) is 58.3 Å². The highest BCUT2D eigenvalue weighted by molar-refractivity contribution is 8.00. The van der Waals surface area contributed by atoms with Gasteiger partial charge in [0, 0.05) is 12.2 Å². The van der Waals surface area contributed by atoms with Crippen LogP contribution in [-0.4, -0.2) is 45.0 Å². The van der Waals surface area contributed by atoms with Crippen molar-refractivity contribution in [2.45, 2.75) is 69.7 Å². The molecule has 0 saturated carbocycles. The van der Waals surface area contributed by atoms with E-state index in [1.807, 2.05) is 6.08 Å². The van der Waals surface area contributed by atoms with Gasteiger partial charge in [-0.1, -0.05) is 31.8 Å². The molecule has 1 fully saturated rings. The number of carbonyl (C=O) groups excluding carboxylic acids is 2. The minimum absolute atomic E-state index is 0.0701. The maximum absolute atomic E-state index is 12.3. The van der Waals surface area contributed by atoms with Crippen LogP contribution in [0.4, 0.5) is 0 Å². The van der Waals surface area contributed by atoms with Crippen LogP contribution in [0.5, 0.6) is 0 Å². The second-order valence-electron chi connectivity index (χ2n) is 6.84. The summed E-state index contributed by atoms with van der Waals surface area (Å²) in [6.07, 6.45) is 9.90. The molecule has 0 spiro atoms. The maximum Gasteiger partial charge on any atom is 0.352 e. The first-order chi connectivity index (χ1) is 12.5. The predicted octanol–water partition coefficient (Wildman–Crippen LogP) is 3.05. The molecule has 2 heterocycles. The van der Waals surface area contributed by atoms with Crippen LogP contribution < -0.4 is 5.32 Å². The molecule has 6 nitrogen and oxygen atoms in total. The van der Waals surface area contributed by atoms with Crippen molar-refractivity contribution < 1.29 is 19.5 Å². The average molecular weight is 381 g/mol. The van der Waals surface area contributed by atoms with Crippen molar-refractivity contribution in [2.24, 2.45) is 0 Å². The number of hydrogen-bond donors (Lipinski definition) is 2. The van der Waals surface area contributed by atoms with Gasteiger partial charge in [0.15, 0.2) is 0 Å². The smallest absolute Gasteiger partial charge is 0.352 e. The Morgan fingerprint density at radius 2 is 1.92 bits per heavy atom. The number of β-lactam (4-membered cyclic amide) rings is 1. The van der Waals surface area contributed by atoms with Gasteiger partial charge in [-0.25, -0.2) is 4.79 Å². The number of hydrogen-bond acceptors (Lipinski definition) is 4. The number of rotatable bonds is 11. The molecule has 26 heavy (non-hydrogen) atoms. The Labute approximate surface area is 159 Å². The van der Waals surface area contributed by atoms with E-state index < -0.39 is 12.0 Å². The van der Waals surface area contributed by atoms with Gasteiger partial charge in [0.2, 0.25) is 5.91 Å². The van der Waals surface area contributed by atoms with E-state index in [4.69, 9.17) is 0 Å². The lowest BCUT2D eigenvalue weighted by Gasteiger charge is -2.49. The fourth-order valence-corrected chi connectivity index (χ4v) is 4.60. The second-order valence-corrected chi connectivity index (χ2v) is 7.94. The van der Waals surface area contributed by atoms with Crippen molar-refractivity contribution in [3.8, 4) is 0 Å². The van der Waals surface area contributed by atoms with Gasteiger partial charge >= 0.3 is 5.97 Å². The Hall–Kier alpha value is -1.76. The molecule has 144 valence electrons. The van der Waals surface area contributed by atoms with Gasteiger partial charge in [-0.05, 0) is 31.8 Å². The molecule has 0 unspecified atom stereocenters. The molecule has 0 radical (unpaired) electrons. The first-order valence-electron chi connectivity index (χ1n) is 9.25. The minimum Gasteiger partial charge on any atom is -0.477 e. The van der Waals surface area contributed by atoms with Gasteiger partial charge in [-0.2, -0.15) is 0 Å². The van der Waals surface area contributed by atoms with Gasteiger partial charge in [-0.15, -0.1) is 18.3 Å². The molecule has 2 aliphatic heterocycles. The van der Waals surface area contributed by atoms with E-state index in [9.17, 15) is 19.5 Å². The second kappa shape index (κ2) is 9.80. The monoisotopic (exact) mass is 380 g/mol. The largest absolute Gasteiger partial charge is 0.477 e. The van der Waals surface area contributed by atoms with E-state index in [-0.39, 0.29) is 22.9 Å². The number of nitrogens with zero attached hydrogens (tertiary/aromatic N) is 1. The first-order valence-corrected chi connectivity index (χ1v) is 10.3. The summed E-state index contributed by atoms with van der Waals surface area (Å²) >= 11 is 1.50. The fourth-order valence-electron chi connectivity index (χ4n) is 3.30. The molecular formula is C19H28N2O4S. The lowest BCUT2D eigenvalue weighted by atomic mass is 10.0. The molecule has 0 aromatic rings. The molecule has 1 saturated heterocycles. The fraction of sp³-hybridized carbons (Fsp3) is 0.632. The number of nitrogens with one attached hydrogen (secondary N) is 1. The van der Waals surface area contributed by atoms with E-state index in [2.05, 4.69) is 11.9 Å². The van der Waals surface area contributed by atoms with E-state index in [0.717, 1.165) is 25.7 Å². The van der Waals surface area contributed by atoms with Crippen molar-refractivity contribution >= 4 is 29.5 Å². The highest BCUT2D eigenvalue weighted by Crippen LogP contribution is 2.40. The molecule has 0 bridgehead atoms. The van der Waals surface area contributed by atoms with Crippen LogP contribution in [0, 0.1) is 0 Å². The van der Waals surface area contributed by atoms with Crippen LogP contribution in [0.25, 0.3) is 0 Å².